The second-order valence-corrected chi connectivity index (χ2v) is 7.52. The van der Waals surface area contributed by atoms with Crippen LogP contribution in [-0.2, 0) is 6.54 Å². The molecule has 1 heterocycles. The minimum absolute atomic E-state index is 0.0971. The molecule has 1 aromatic heterocycles. The van der Waals surface area contributed by atoms with Crippen molar-refractivity contribution >= 4 is 27.5 Å². The summed E-state index contributed by atoms with van der Waals surface area (Å²) in [6.07, 6.45) is 11.2. The van der Waals surface area contributed by atoms with Crippen molar-refractivity contribution in [3.05, 3.63) is 46.5 Å². The molecule has 1 saturated carbocycles. The Balaban J connectivity index is 1.85. The highest BCUT2D eigenvalue weighted by Gasteiger charge is 2.22. The molecule has 0 unspecified atom stereocenters. The van der Waals surface area contributed by atoms with Crippen molar-refractivity contribution < 1.29 is 4.79 Å². The summed E-state index contributed by atoms with van der Waals surface area (Å²) in [5.41, 5.74) is 8.64. The van der Waals surface area contributed by atoms with Gasteiger partial charge in [0, 0.05) is 35.0 Å². The molecule has 2 aromatic rings. The average molecular weight is 405 g/mol. The van der Waals surface area contributed by atoms with E-state index in [1.807, 2.05) is 6.07 Å². The molecule has 0 radical (unpaired) electrons. The zero-order valence-corrected chi connectivity index (χ0v) is 16.2. The maximum Gasteiger partial charge on any atom is 0.263 e. The van der Waals surface area contributed by atoms with E-state index in [1.54, 1.807) is 18.5 Å². The largest absolute Gasteiger partial charge is 0.398 e. The molecule has 134 valence electrons. The number of aromatic nitrogens is 2. The lowest BCUT2D eigenvalue weighted by molar-refractivity contribution is 0.0959. The first-order chi connectivity index (χ1) is 12.1. The predicted octanol–water partition coefficient (Wildman–Crippen LogP) is 4.07. The lowest BCUT2D eigenvalue weighted by Gasteiger charge is -2.34. The van der Waals surface area contributed by atoms with Gasteiger partial charge in [-0.1, -0.05) is 26.2 Å². The number of hydrogen-bond acceptors (Lipinski definition) is 4. The van der Waals surface area contributed by atoms with E-state index in [2.05, 4.69) is 32.7 Å². The molecule has 1 aromatic carbocycles. The number of hydrogen-bond donors (Lipinski definition) is 1. The Bertz CT molecular complexity index is 723. The van der Waals surface area contributed by atoms with E-state index in [4.69, 9.17) is 5.73 Å². The molecule has 1 aliphatic rings. The Kier molecular flexibility index (Phi) is 5.91. The fourth-order valence-electron chi connectivity index (χ4n) is 3.62. The molecule has 25 heavy (non-hydrogen) atoms. The van der Waals surface area contributed by atoms with Crippen molar-refractivity contribution in [3.8, 4) is 0 Å². The van der Waals surface area contributed by atoms with Crippen molar-refractivity contribution in [2.45, 2.75) is 51.6 Å². The van der Waals surface area contributed by atoms with Crippen LogP contribution < -0.4 is 5.73 Å². The second kappa shape index (κ2) is 8.15. The van der Waals surface area contributed by atoms with Crippen LogP contribution in [0.4, 0.5) is 5.69 Å². The lowest BCUT2D eigenvalue weighted by atomic mass is 9.93. The molecule has 0 amide bonds. The quantitative estimate of drug-likeness (QED) is 0.762. The van der Waals surface area contributed by atoms with Gasteiger partial charge in [0.25, 0.3) is 5.91 Å². The highest BCUT2D eigenvalue weighted by atomic mass is 79.9. The Morgan fingerprint density at radius 2 is 2.12 bits per heavy atom. The molecule has 0 atom stereocenters. The third kappa shape index (κ3) is 4.12. The maximum atomic E-state index is 12.6. The van der Waals surface area contributed by atoms with Crippen molar-refractivity contribution in [2.24, 2.45) is 0 Å². The monoisotopic (exact) mass is 404 g/mol. The number of nitrogens with zero attached hydrogens (tertiary/aromatic N) is 3. The molecular weight excluding hydrogens is 380 g/mol. The SMILES string of the molecule is CCN(Cc1cc(C(=O)n2ccnc2)cc(Br)c1N)C1CCCCC1. The number of carbonyl (C=O) groups excluding carboxylic acids is 1. The normalized spacial score (nSPS) is 15.6. The van der Waals surface area contributed by atoms with Gasteiger partial charge in [0.05, 0.1) is 5.69 Å². The molecule has 0 spiro atoms. The van der Waals surface area contributed by atoms with Crippen LogP contribution in [0.1, 0.15) is 54.9 Å². The number of benzene rings is 1. The summed E-state index contributed by atoms with van der Waals surface area (Å²) in [5, 5.41) is 0. The van der Waals surface area contributed by atoms with Gasteiger partial charge in [-0.2, -0.15) is 0 Å². The van der Waals surface area contributed by atoms with Crippen LogP contribution >= 0.6 is 15.9 Å². The Hall–Kier alpha value is -1.66. The van der Waals surface area contributed by atoms with Gasteiger partial charge in [0.2, 0.25) is 0 Å². The van der Waals surface area contributed by atoms with Crippen LogP contribution in [0.25, 0.3) is 0 Å². The van der Waals surface area contributed by atoms with Crippen LogP contribution in [-0.4, -0.2) is 32.9 Å². The van der Waals surface area contributed by atoms with Crippen LogP contribution in [0, 0.1) is 0 Å². The molecule has 0 bridgehead atoms. The van der Waals surface area contributed by atoms with Crippen molar-refractivity contribution in [1.82, 2.24) is 14.5 Å². The highest BCUT2D eigenvalue weighted by molar-refractivity contribution is 9.10. The first-order valence-corrected chi connectivity index (χ1v) is 9.74. The number of nitrogen functional groups attached to an aromatic ring is 1. The van der Waals surface area contributed by atoms with Gasteiger partial charge >= 0.3 is 0 Å². The van der Waals surface area contributed by atoms with Gasteiger partial charge in [-0.05, 0) is 53.0 Å². The third-order valence-corrected chi connectivity index (χ3v) is 5.73. The number of rotatable bonds is 5. The van der Waals surface area contributed by atoms with Crippen LogP contribution in [0.5, 0.6) is 0 Å². The summed E-state index contributed by atoms with van der Waals surface area (Å²) >= 11 is 3.52. The summed E-state index contributed by atoms with van der Waals surface area (Å²) < 4.78 is 2.26. The van der Waals surface area contributed by atoms with E-state index < -0.39 is 0 Å². The number of nitrogens with two attached hydrogens (primary N) is 1. The summed E-state index contributed by atoms with van der Waals surface area (Å²) in [5.74, 6) is -0.0971. The van der Waals surface area contributed by atoms with E-state index in [0.717, 1.165) is 28.8 Å². The summed E-state index contributed by atoms with van der Waals surface area (Å²) in [4.78, 5) is 19.1. The average Bonchev–Trinajstić information content (AvgIpc) is 3.17. The molecule has 6 heteroatoms. The van der Waals surface area contributed by atoms with Crippen LogP contribution in [0.2, 0.25) is 0 Å². The number of anilines is 1. The predicted molar refractivity (Wildman–Crippen MR) is 103 cm³/mol. The molecule has 0 saturated heterocycles. The Morgan fingerprint density at radius 1 is 1.36 bits per heavy atom. The first kappa shape index (κ1) is 18.1. The van der Waals surface area contributed by atoms with Gasteiger partial charge in [0.1, 0.15) is 6.33 Å². The molecule has 5 nitrogen and oxygen atoms in total. The van der Waals surface area contributed by atoms with Gasteiger partial charge < -0.3 is 5.73 Å². The van der Waals surface area contributed by atoms with Crippen molar-refractivity contribution in [2.75, 3.05) is 12.3 Å². The van der Waals surface area contributed by atoms with Crippen molar-refractivity contribution in [3.63, 3.8) is 0 Å². The van der Waals surface area contributed by atoms with E-state index >= 15 is 0 Å². The topological polar surface area (TPSA) is 64.2 Å². The van der Waals surface area contributed by atoms with Crippen LogP contribution in [0.15, 0.2) is 35.3 Å². The number of carbonyl (C=O) groups is 1. The van der Waals surface area contributed by atoms with Crippen LogP contribution in [0.3, 0.4) is 0 Å². The van der Waals surface area contributed by atoms with Gasteiger partial charge in [-0.3, -0.25) is 14.3 Å². The standard InChI is InChI=1S/C19H25BrN4O/c1-2-23(16-6-4-3-5-7-16)12-15-10-14(11-17(20)18(15)21)19(25)24-9-8-22-13-24/h8-11,13,16H,2-7,12,21H2,1H3. The highest BCUT2D eigenvalue weighted by Crippen LogP contribution is 2.29. The molecule has 3 rings (SSSR count). The minimum Gasteiger partial charge on any atom is -0.398 e. The van der Waals surface area contributed by atoms with Gasteiger partial charge in [-0.25, -0.2) is 4.98 Å². The number of halogens is 1. The zero-order chi connectivity index (χ0) is 17.8. The summed E-state index contributed by atoms with van der Waals surface area (Å²) in [6, 6.07) is 4.33. The second-order valence-electron chi connectivity index (χ2n) is 6.66. The van der Waals surface area contributed by atoms with Crippen molar-refractivity contribution in [1.29, 1.82) is 0 Å². The van der Waals surface area contributed by atoms with E-state index in [-0.39, 0.29) is 5.91 Å². The summed E-state index contributed by atoms with van der Waals surface area (Å²) in [7, 11) is 0. The summed E-state index contributed by atoms with van der Waals surface area (Å²) in [6.45, 7) is 3.96. The Morgan fingerprint density at radius 3 is 2.76 bits per heavy atom. The Labute approximate surface area is 157 Å². The fourth-order valence-corrected chi connectivity index (χ4v) is 4.12. The zero-order valence-electron chi connectivity index (χ0n) is 14.6. The van der Waals surface area contributed by atoms with Gasteiger partial charge in [0.15, 0.2) is 0 Å². The van der Waals surface area contributed by atoms with E-state index in [1.165, 1.54) is 43.0 Å². The van der Waals surface area contributed by atoms with Gasteiger partial charge in [-0.15, -0.1) is 0 Å². The smallest absolute Gasteiger partial charge is 0.263 e. The number of imidazole rings is 1. The molecule has 1 fully saturated rings. The molecule has 1 aliphatic carbocycles. The first-order valence-electron chi connectivity index (χ1n) is 8.94. The molecule has 0 aliphatic heterocycles. The lowest BCUT2D eigenvalue weighted by Crippen LogP contribution is -2.36. The minimum atomic E-state index is -0.0971. The third-order valence-electron chi connectivity index (χ3n) is 5.07. The molecular formula is C19H25BrN4O. The maximum absolute atomic E-state index is 12.6. The van der Waals surface area contributed by atoms with E-state index in [0.29, 0.717) is 11.6 Å². The molecule has 2 N–H and O–H groups in total. The van der Waals surface area contributed by atoms with E-state index in [9.17, 15) is 4.79 Å². The fraction of sp³-hybridized carbons (Fsp3) is 0.474.